The third kappa shape index (κ3) is 6.34. The second-order valence-electron chi connectivity index (χ2n) is 8.56. The molecule has 1 amide bonds. The fraction of sp³-hybridized carbons (Fsp3) is 0. The van der Waals surface area contributed by atoms with Gasteiger partial charge in [-0.2, -0.15) is 5.10 Å². The summed E-state index contributed by atoms with van der Waals surface area (Å²) in [5.74, 6) is -1.64. The molecule has 4 aromatic carbocycles. The van der Waals surface area contributed by atoms with Crippen LogP contribution in [-0.2, 0) is 0 Å². The van der Waals surface area contributed by atoms with Crippen molar-refractivity contribution >= 4 is 95.7 Å². The van der Waals surface area contributed by atoms with Gasteiger partial charge in [0.2, 0.25) is 0 Å². The van der Waals surface area contributed by atoms with E-state index < -0.39 is 17.7 Å². The zero-order chi connectivity index (χ0) is 29.3. The van der Waals surface area contributed by atoms with E-state index in [1.807, 2.05) is 0 Å². The number of hydrogen-bond acceptors (Lipinski definition) is 4. The van der Waals surface area contributed by atoms with E-state index in [1.54, 1.807) is 36.4 Å². The van der Waals surface area contributed by atoms with E-state index in [2.05, 4.69) is 47.4 Å². The molecule has 12 heteroatoms. The molecule has 0 aliphatic carbocycles. The van der Waals surface area contributed by atoms with Crippen LogP contribution in [0.1, 0.15) is 26.4 Å². The number of amides is 1. The van der Waals surface area contributed by atoms with E-state index in [1.165, 1.54) is 42.6 Å². The second kappa shape index (κ2) is 12.3. The highest BCUT2D eigenvalue weighted by Gasteiger charge is 2.22. The van der Waals surface area contributed by atoms with Crippen LogP contribution in [0.3, 0.4) is 0 Å². The molecule has 206 valence electrons. The number of halogens is 6. The summed E-state index contributed by atoms with van der Waals surface area (Å²) in [6, 6.07) is 18.8. The monoisotopic (exact) mass is 735 g/mol. The molecule has 0 atom stereocenters. The molecule has 0 fully saturated rings. The predicted molar refractivity (Wildman–Crippen MR) is 167 cm³/mol. The lowest BCUT2D eigenvalue weighted by Crippen LogP contribution is -2.19. The van der Waals surface area contributed by atoms with Gasteiger partial charge in [0.25, 0.3) is 5.91 Å². The molecule has 1 aromatic heterocycles. The second-order valence-corrected chi connectivity index (χ2v) is 11.6. The van der Waals surface area contributed by atoms with Crippen molar-refractivity contribution in [2.24, 2.45) is 5.10 Å². The van der Waals surface area contributed by atoms with Crippen LogP contribution < -0.4 is 10.2 Å². The number of hydrazone groups is 1. The number of benzene rings is 4. The first-order valence-corrected chi connectivity index (χ1v) is 14.4. The lowest BCUT2D eigenvalue weighted by atomic mass is 10.0. The van der Waals surface area contributed by atoms with E-state index >= 15 is 0 Å². The van der Waals surface area contributed by atoms with Crippen LogP contribution in [0.25, 0.3) is 22.0 Å². The van der Waals surface area contributed by atoms with Crippen molar-refractivity contribution in [1.29, 1.82) is 0 Å². The minimum absolute atomic E-state index is 0.115. The Morgan fingerprint density at radius 1 is 0.951 bits per heavy atom. The number of nitrogens with one attached hydrogen (secondary N) is 2. The van der Waals surface area contributed by atoms with Gasteiger partial charge in [-0.25, -0.2) is 14.6 Å². The van der Waals surface area contributed by atoms with Crippen LogP contribution in [-0.4, -0.2) is 23.1 Å². The van der Waals surface area contributed by atoms with Crippen molar-refractivity contribution < 1.29 is 18.7 Å². The van der Waals surface area contributed by atoms with Crippen molar-refractivity contribution in [3.63, 3.8) is 0 Å². The maximum Gasteiger partial charge on any atom is 0.345 e. The Hall–Kier alpha value is -3.21. The highest BCUT2D eigenvalue weighted by Crippen LogP contribution is 2.37. The number of H-pyrrole nitrogens is 1. The van der Waals surface area contributed by atoms with E-state index in [9.17, 15) is 14.0 Å². The summed E-state index contributed by atoms with van der Waals surface area (Å²) in [7, 11) is 0. The molecule has 0 aliphatic rings. The summed E-state index contributed by atoms with van der Waals surface area (Å²) in [5.41, 5.74) is 4.60. The maximum absolute atomic E-state index is 14.1. The summed E-state index contributed by atoms with van der Waals surface area (Å²) in [5, 5.41) is 5.46. The van der Waals surface area contributed by atoms with E-state index in [0.717, 1.165) is 0 Å². The number of aromatic amines is 1. The number of nitrogens with zero attached hydrogens (tertiary/aromatic N) is 1. The Labute approximate surface area is 264 Å². The largest absolute Gasteiger partial charge is 0.421 e. The molecular formula is C29H15Br2Cl3FN3O3. The van der Waals surface area contributed by atoms with Gasteiger partial charge < -0.3 is 9.72 Å². The Morgan fingerprint density at radius 3 is 2.49 bits per heavy atom. The fourth-order valence-electron chi connectivity index (χ4n) is 4.08. The Balaban J connectivity index is 1.46. The normalized spacial score (nSPS) is 11.3. The minimum atomic E-state index is -0.719. The van der Waals surface area contributed by atoms with Crippen molar-refractivity contribution in [2.45, 2.75) is 0 Å². The number of fused-ring (bicyclic) bond motifs is 1. The number of carbonyl (C=O) groups is 2. The summed E-state index contributed by atoms with van der Waals surface area (Å²) >= 11 is 25.3. The van der Waals surface area contributed by atoms with Gasteiger partial charge in [-0.1, -0.05) is 68.9 Å². The van der Waals surface area contributed by atoms with Gasteiger partial charge in [-0.15, -0.1) is 0 Å². The molecule has 0 bridgehead atoms. The predicted octanol–water partition coefficient (Wildman–Crippen LogP) is 9.44. The van der Waals surface area contributed by atoms with Gasteiger partial charge in [-0.05, 0) is 70.5 Å². The van der Waals surface area contributed by atoms with Crippen LogP contribution >= 0.6 is 66.7 Å². The minimum Gasteiger partial charge on any atom is -0.421 e. The van der Waals surface area contributed by atoms with Crippen molar-refractivity contribution in [2.75, 3.05) is 0 Å². The molecular weight excluding hydrogens is 724 g/mol. The number of aromatic nitrogens is 1. The Bertz CT molecular complexity index is 1880. The molecule has 0 aliphatic heterocycles. The van der Waals surface area contributed by atoms with Crippen LogP contribution in [0.2, 0.25) is 15.1 Å². The molecule has 2 N–H and O–H groups in total. The molecule has 5 rings (SSSR count). The number of ether oxygens (including phenoxy) is 1. The summed E-state index contributed by atoms with van der Waals surface area (Å²) in [6.07, 6.45) is 1.32. The molecule has 41 heavy (non-hydrogen) atoms. The van der Waals surface area contributed by atoms with Crippen molar-refractivity contribution in [1.82, 2.24) is 10.4 Å². The SMILES string of the molecule is O=C(Oc1c(Br)cc(Br)cc1C=NNC(=O)c1[nH]c2ccc(F)cc2c1-c1ccccc1Cl)c1ccc(Cl)cc1Cl. The number of carbonyl (C=O) groups excluding carboxylic acids is 2. The summed E-state index contributed by atoms with van der Waals surface area (Å²) in [6.45, 7) is 0. The quantitative estimate of drug-likeness (QED) is 0.0789. The van der Waals surface area contributed by atoms with Crippen LogP contribution in [0.4, 0.5) is 4.39 Å². The highest BCUT2D eigenvalue weighted by atomic mass is 79.9. The van der Waals surface area contributed by atoms with E-state index in [-0.39, 0.29) is 22.0 Å². The topological polar surface area (TPSA) is 83.5 Å². The van der Waals surface area contributed by atoms with Gasteiger partial charge in [0.05, 0.1) is 21.3 Å². The van der Waals surface area contributed by atoms with Crippen LogP contribution in [0.5, 0.6) is 5.75 Å². The lowest BCUT2D eigenvalue weighted by Gasteiger charge is -2.11. The van der Waals surface area contributed by atoms with Gasteiger partial charge in [0, 0.05) is 42.1 Å². The number of esters is 1. The fourth-order valence-corrected chi connectivity index (χ4v) is 6.14. The van der Waals surface area contributed by atoms with Crippen molar-refractivity contribution in [3.8, 4) is 16.9 Å². The summed E-state index contributed by atoms with van der Waals surface area (Å²) in [4.78, 5) is 29.2. The Kier molecular flexibility index (Phi) is 8.82. The standard InChI is InChI=1S/C29H15Br2Cl3FN3O3/c30-15-9-14(27(21(31)10-15)41-29(40)19-7-5-16(32)11-23(19)34)13-36-38-28(39)26-25(18-3-1-2-4-22(18)33)20-12-17(35)6-8-24(20)37-26/h1-13,37H,(H,38,39). The van der Waals surface area contributed by atoms with Crippen LogP contribution in [0.15, 0.2) is 86.8 Å². The molecule has 0 saturated carbocycles. The van der Waals surface area contributed by atoms with E-state index in [0.29, 0.717) is 46.6 Å². The van der Waals surface area contributed by atoms with Gasteiger partial charge in [-0.3, -0.25) is 4.79 Å². The van der Waals surface area contributed by atoms with Crippen LogP contribution in [0, 0.1) is 5.82 Å². The van der Waals surface area contributed by atoms with E-state index in [4.69, 9.17) is 39.5 Å². The number of rotatable bonds is 6. The van der Waals surface area contributed by atoms with Gasteiger partial charge in [0.15, 0.2) is 5.75 Å². The zero-order valence-corrected chi connectivity index (χ0v) is 25.9. The maximum atomic E-state index is 14.1. The molecule has 5 aromatic rings. The third-order valence-electron chi connectivity index (χ3n) is 5.88. The zero-order valence-electron chi connectivity index (χ0n) is 20.4. The Morgan fingerprint density at radius 2 is 1.73 bits per heavy atom. The summed E-state index contributed by atoms with van der Waals surface area (Å²) < 4.78 is 20.9. The molecule has 0 unspecified atom stereocenters. The van der Waals surface area contributed by atoms with Gasteiger partial charge in [0.1, 0.15) is 11.5 Å². The lowest BCUT2D eigenvalue weighted by molar-refractivity contribution is 0.0733. The highest BCUT2D eigenvalue weighted by molar-refractivity contribution is 9.11. The molecule has 0 spiro atoms. The third-order valence-corrected chi connectivity index (χ3v) is 7.81. The molecule has 6 nitrogen and oxygen atoms in total. The average Bonchev–Trinajstić information content (AvgIpc) is 3.29. The van der Waals surface area contributed by atoms with Crippen molar-refractivity contribution in [3.05, 3.63) is 119 Å². The molecule has 0 radical (unpaired) electrons. The smallest absolute Gasteiger partial charge is 0.345 e. The first-order chi connectivity index (χ1) is 19.6. The number of hydrogen-bond donors (Lipinski definition) is 2. The van der Waals surface area contributed by atoms with Gasteiger partial charge >= 0.3 is 5.97 Å². The first kappa shape index (κ1) is 29.3. The first-order valence-electron chi connectivity index (χ1n) is 11.7. The average molecular weight is 739 g/mol. The molecule has 1 heterocycles. The molecule has 0 saturated heterocycles.